The van der Waals surface area contributed by atoms with Crippen LogP contribution >= 0.6 is 0 Å². The van der Waals surface area contributed by atoms with Gasteiger partial charge >= 0.3 is 0 Å². The summed E-state index contributed by atoms with van der Waals surface area (Å²) in [6.45, 7) is 3.95. The Morgan fingerprint density at radius 2 is 2.20 bits per heavy atom. The summed E-state index contributed by atoms with van der Waals surface area (Å²) in [5, 5.41) is 22.7. The summed E-state index contributed by atoms with van der Waals surface area (Å²) in [5.41, 5.74) is 0.154. The van der Waals surface area contributed by atoms with Crippen molar-refractivity contribution < 1.29 is 5.11 Å². The number of allylic oxidation sites excluding steroid dienone is 2. The van der Waals surface area contributed by atoms with Crippen LogP contribution in [0.2, 0.25) is 0 Å². The fraction of sp³-hybridized carbons (Fsp3) is 0.500. The lowest BCUT2D eigenvalue weighted by molar-refractivity contribution is 0.319. The van der Waals surface area contributed by atoms with Gasteiger partial charge in [0.15, 0.2) is 5.70 Å². The molecule has 5 heteroatoms. The number of rotatable bonds is 4. The van der Waals surface area contributed by atoms with E-state index in [1.807, 2.05) is 19.9 Å². The van der Waals surface area contributed by atoms with Crippen LogP contribution < -0.4 is 0 Å². The molecule has 0 aliphatic carbocycles. The summed E-state index contributed by atoms with van der Waals surface area (Å²) in [5.74, 6) is 0.0943. The molecule has 0 radical (unpaired) electrons. The molecular formula is C10H14N4O. The van der Waals surface area contributed by atoms with Crippen LogP contribution in [0.15, 0.2) is 18.4 Å². The van der Waals surface area contributed by atoms with Crippen LogP contribution in [0.25, 0.3) is 5.70 Å². The number of nitriles is 1. The van der Waals surface area contributed by atoms with Crippen LogP contribution in [-0.4, -0.2) is 19.9 Å². The molecule has 1 heterocycles. The lowest BCUT2D eigenvalue weighted by Crippen LogP contribution is -2.08. The Labute approximate surface area is 88.7 Å². The van der Waals surface area contributed by atoms with Crippen molar-refractivity contribution in [1.29, 1.82) is 5.26 Å². The molecule has 15 heavy (non-hydrogen) atoms. The molecule has 1 aromatic heterocycles. The van der Waals surface area contributed by atoms with E-state index in [0.717, 1.165) is 12.8 Å². The fourth-order valence-corrected chi connectivity index (χ4v) is 1.42. The first-order valence-corrected chi connectivity index (χ1v) is 4.92. The molecule has 0 aliphatic heterocycles. The monoisotopic (exact) mass is 206 g/mol. The first-order chi connectivity index (χ1) is 7.24. The minimum atomic E-state index is 0.00356. The third-order valence-corrected chi connectivity index (χ3v) is 2.37. The van der Waals surface area contributed by atoms with Crippen molar-refractivity contribution in [3.63, 3.8) is 0 Å². The molecule has 0 fully saturated rings. The average molecular weight is 206 g/mol. The molecular weight excluding hydrogens is 192 g/mol. The molecule has 1 N–H and O–H groups in total. The summed E-state index contributed by atoms with van der Waals surface area (Å²) in [4.78, 5) is 3.74. The SMILES string of the molecule is CCC(CC)C(O)=C(C#N)n1cncn1. The van der Waals surface area contributed by atoms with E-state index in [-0.39, 0.29) is 17.4 Å². The normalized spacial score (nSPS) is 12.4. The predicted molar refractivity (Wildman–Crippen MR) is 55.6 cm³/mol. The van der Waals surface area contributed by atoms with Gasteiger partial charge in [0.05, 0.1) is 0 Å². The summed E-state index contributed by atoms with van der Waals surface area (Å²) >= 11 is 0. The number of aliphatic hydroxyl groups is 1. The highest BCUT2D eigenvalue weighted by molar-refractivity contribution is 5.61. The Hall–Kier alpha value is -1.83. The van der Waals surface area contributed by atoms with Crippen LogP contribution in [0.3, 0.4) is 0 Å². The van der Waals surface area contributed by atoms with Crippen LogP contribution in [0.4, 0.5) is 0 Å². The maximum Gasteiger partial charge on any atom is 0.181 e. The zero-order valence-electron chi connectivity index (χ0n) is 8.88. The summed E-state index contributed by atoms with van der Waals surface area (Å²) in [6, 6.07) is 1.94. The first-order valence-electron chi connectivity index (χ1n) is 4.92. The van der Waals surface area contributed by atoms with E-state index in [9.17, 15) is 5.11 Å². The van der Waals surface area contributed by atoms with E-state index in [2.05, 4.69) is 10.1 Å². The van der Waals surface area contributed by atoms with E-state index in [0.29, 0.717) is 0 Å². The van der Waals surface area contributed by atoms with Crippen molar-refractivity contribution in [2.75, 3.05) is 0 Å². The predicted octanol–water partition coefficient (Wildman–Crippen LogP) is 1.96. The Bertz CT molecular complexity index is 371. The Balaban J connectivity index is 3.09. The van der Waals surface area contributed by atoms with Crippen LogP contribution in [-0.2, 0) is 0 Å². The van der Waals surface area contributed by atoms with E-state index >= 15 is 0 Å². The number of nitrogens with zero attached hydrogens (tertiary/aromatic N) is 4. The smallest absolute Gasteiger partial charge is 0.181 e. The van der Waals surface area contributed by atoms with Crippen LogP contribution in [0.5, 0.6) is 0 Å². The molecule has 0 spiro atoms. The lowest BCUT2D eigenvalue weighted by Gasteiger charge is -2.12. The van der Waals surface area contributed by atoms with Crippen LogP contribution in [0.1, 0.15) is 26.7 Å². The molecule has 0 atom stereocenters. The number of hydrogen-bond donors (Lipinski definition) is 1. The minimum absolute atomic E-state index is 0.00356. The van der Waals surface area contributed by atoms with Gasteiger partial charge in [0.2, 0.25) is 0 Å². The Kier molecular flexibility index (Phi) is 3.86. The van der Waals surface area contributed by atoms with E-state index < -0.39 is 0 Å². The zero-order valence-corrected chi connectivity index (χ0v) is 8.88. The molecule has 0 amide bonds. The Morgan fingerprint density at radius 3 is 2.60 bits per heavy atom. The lowest BCUT2D eigenvalue weighted by atomic mass is 10.00. The van der Waals surface area contributed by atoms with Gasteiger partial charge in [0.25, 0.3) is 0 Å². The highest BCUT2D eigenvalue weighted by Crippen LogP contribution is 2.21. The van der Waals surface area contributed by atoms with Gasteiger partial charge in [-0.15, -0.1) is 0 Å². The molecule has 80 valence electrons. The van der Waals surface area contributed by atoms with Crippen molar-refractivity contribution >= 4 is 5.70 Å². The molecule has 1 aromatic rings. The molecule has 5 nitrogen and oxygen atoms in total. The van der Waals surface area contributed by atoms with Gasteiger partial charge in [-0.2, -0.15) is 10.4 Å². The number of aromatic nitrogens is 3. The van der Waals surface area contributed by atoms with Gasteiger partial charge in [0, 0.05) is 5.92 Å². The van der Waals surface area contributed by atoms with Gasteiger partial charge in [-0.05, 0) is 12.8 Å². The number of hydrogen-bond acceptors (Lipinski definition) is 4. The van der Waals surface area contributed by atoms with E-state index in [4.69, 9.17) is 5.26 Å². The second-order valence-electron chi connectivity index (χ2n) is 3.20. The zero-order chi connectivity index (χ0) is 11.3. The minimum Gasteiger partial charge on any atom is -0.509 e. The molecule has 0 unspecified atom stereocenters. The Morgan fingerprint density at radius 1 is 1.53 bits per heavy atom. The summed E-state index contributed by atoms with van der Waals surface area (Å²) < 4.78 is 1.29. The maximum absolute atomic E-state index is 9.91. The van der Waals surface area contributed by atoms with Crippen molar-refractivity contribution in [3.05, 3.63) is 18.4 Å². The van der Waals surface area contributed by atoms with Gasteiger partial charge < -0.3 is 5.11 Å². The molecule has 0 saturated heterocycles. The molecule has 1 rings (SSSR count). The highest BCUT2D eigenvalue weighted by atomic mass is 16.3. The second kappa shape index (κ2) is 5.15. The maximum atomic E-state index is 9.91. The topological polar surface area (TPSA) is 74.7 Å². The molecule has 0 bridgehead atoms. The third kappa shape index (κ3) is 2.34. The first kappa shape index (κ1) is 11.2. The average Bonchev–Trinajstić information content (AvgIpc) is 2.74. The van der Waals surface area contributed by atoms with Crippen molar-refractivity contribution in [2.24, 2.45) is 5.92 Å². The van der Waals surface area contributed by atoms with E-state index in [1.54, 1.807) is 0 Å². The van der Waals surface area contributed by atoms with Crippen molar-refractivity contribution in [1.82, 2.24) is 14.8 Å². The van der Waals surface area contributed by atoms with Crippen LogP contribution in [0, 0.1) is 17.2 Å². The fourth-order valence-electron chi connectivity index (χ4n) is 1.42. The van der Waals surface area contributed by atoms with Gasteiger partial charge in [0.1, 0.15) is 24.5 Å². The third-order valence-electron chi connectivity index (χ3n) is 2.37. The van der Waals surface area contributed by atoms with Gasteiger partial charge in [-0.25, -0.2) is 9.67 Å². The quantitative estimate of drug-likeness (QED) is 0.603. The summed E-state index contributed by atoms with van der Waals surface area (Å²) in [6.07, 6.45) is 4.32. The van der Waals surface area contributed by atoms with Gasteiger partial charge in [-0.3, -0.25) is 0 Å². The molecule has 0 saturated carbocycles. The standard InChI is InChI=1S/C10H14N4O/c1-3-8(4-2)10(15)9(5-11)14-7-12-6-13-14/h6-8,15H,3-4H2,1-2H3. The molecule has 0 aliphatic rings. The van der Waals surface area contributed by atoms with E-state index in [1.165, 1.54) is 17.3 Å². The number of aliphatic hydroxyl groups excluding tert-OH is 1. The van der Waals surface area contributed by atoms with Crippen molar-refractivity contribution in [2.45, 2.75) is 26.7 Å². The largest absolute Gasteiger partial charge is 0.509 e. The van der Waals surface area contributed by atoms with Gasteiger partial charge in [-0.1, -0.05) is 13.8 Å². The summed E-state index contributed by atoms with van der Waals surface area (Å²) in [7, 11) is 0. The second-order valence-corrected chi connectivity index (χ2v) is 3.20. The molecule has 0 aromatic carbocycles. The van der Waals surface area contributed by atoms with Crippen molar-refractivity contribution in [3.8, 4) is 6.07 Å². The highest BCUT2D eigenvalue weighted by Gasteiger charge is 2.16.